The summed E-state index contributed by atoms with van der Waals surface area (Å²) < 4.78 is 0. The Kier molecular flexibility index (Phi) is 3.26. The molecule has 0 amide bonds. The van der Waals surface area contributed by atoms with Gasteiger partial charge >= 0.3 is 0 Å². The van der Waals surface area contributed by atoms with Gasteiger partial charge in [-0.1, -0.05) is 30.3 Å². The Morgan fingerprint density at radius 2 is 1.84 bits per heavy atom. The van der Waals surface area contributed by atoms with Gasteiger partial charge in [0.25, 0.3) is 0 Å². The molecule has 2 heteroatoms. The van der Waals surface area contributed by atoms with Crippen molar-refractivity contribution in [3.05, 3.63) is 59.7 Å². The van der Waals surface area contributed by atoms with Gasteiger partial charge in [0.05, 0.1) is 0 Å². The number of hydrogen-bond acceptors (Lipinski definition) is 2. The highest BCUT2D eigenvalue weighted by Crippen LogP contribution is 2.37. The van der Waals surface area contributed by atoms with Crippen LogP contribution in [0.5, 0.6) is 0 Å². The van der Waals surface area contributed by atoms with Gasteiger partial charge in [-0.15, -0.1) is 0 Å². The summed E-state index contributed by atoms with van der Waals surface area (Å²) >= 11 is 0. The summed E-state index contributed by atoms with van der Waals surface area (Å²) in [6.45, 7) is 3.00. The van der Waals surface area contributed by atoms with Crippen molar-refractivity contribution >= 4 is 11.4 Å². The number of hydrogen-bond donors (Lipinski definition) is 1. The largest absolute Gasteiger partial charge is 0.338 e. The highest BCUT2D eigenvalue weighted by molar-refractivity contribution is 5.71. The summed E-state index contributed by atoms with van der Waals surface area (Å²) in [7, 11) is 0. The van der Waals surface area contributed by atoms with Crippen LogP contribution >= 0.6 is 0 Å². The zero-order chi connectivity index (χ0) is 13.2. The van der Waals surface area contributed by atoms with E-state index in [9.17, 15) is 0 Å². The lowest BCUT2D eigenvalue weighted by molar-refractivity contribution is 0.758. The molecule has 0 spiro atoms. The fourth-order valence-electron chi connectivity index (χ4n) is 2.95. The maximum absolute atomic E-state index is 5.60. The van der Waals surface area contributed by atoms with Crippen LogP contribution in [0.2, 0.25) is 0 Å². The van der Waals surface area contributed by atoms with Crippen molar-refractivity contribution in [1.82, 2.24) is 0 Å². The lowest BCUT2D eigenvalue weighted by atomic mass is 10.1. The maximum atomic E-state index is 5.60. The fourth-order valence-corrected chi connectivity index (χ4v) is 2.95. The highest BCUT2D eigenvalue weighted by atomic mass is 15.2. The van der Waals surface area contributed by atoms with Gasteiger partial charge in [-0.25, -0.2) is 0 Å². The lowest BCUT2D eigenvalue weighted by Crippen LogP contribution is -2.23. The number of para-hydroxylation sites is 1. The van der Waals surface area contributed by atoms with Crippen molar-refractivity contribution in [2.45, 2.75) is 25.8 Å². The van der Waals surface area contributed by atoms with E-state index in [4.69, 9.17) is 5.73 Å². The topological polar surface area (TPSA) is 29.3 Å². The molecule has 19 heavy (non-hydrogen) atoms. The quantitative estimate of drug-likeness (QED) is 0.908. The predicted molar refractivity (Wildman–Crippen MR) is 80.9 cm³/mol. The van der Waals surface area contributed by atoms with E-state index in [0.29, 0.717) is 12.6 Å². The second kappa shape index (κ2) is 5.06. The minimum atomic E-state index is 0.526. The number of fused-ring (bicyclic) bond motifs is 1. The van der Waals surface area contributed by atoms with E-state index in [2.05, 4.69) is 60.4 Å². The molecule has 0 saturated carbocycles. The van der Waals surface area contributed by atoms with Crippen LogP contribution in [-0.2, 0) is 12.8 Å². The van der Waals surface area contributed by atoms with E-state index in [-0.39, 0.29) is 0 Å². The summed E-state index contributed by atoms with van der Waals surface area (Å²) in [5.74, 6) is 0. The van der Waals surface area contributed by atoms with Gasteiger partial charge in [-0.05, 0) is 55.6 Å². The van der Waals surface area contributed by atoms with Crippen LogP contribution in [0, 0.1) is 0 Å². The Bertz CT molecular complexity index is 560. The summed E-state index contributed by atoms with van der Waals surface area (Å²) in [6, 6.07) is 18.0. The van der Waals surface area contributed by atoms with Crippen LogP contribution in [0.3, 0.4) is 0 Å². The number of nitrogens with two attached hydrogens (primary N) is 1. The van der Waals surface area contributed by atoms with Gasteiger partial charge in [0, 0.05) is 17.4 Å². The average molecular weight is 252 g/mol. The molecule has 98 valence electrons. The molecule has 0 radical (unpaired) electrons. The Morgan fingerprint density at radius 1 is 1.11 bits per heavy atom. The van der Waals surface area contributed by atoms with Crippen molar-refractivity contribution in [2.75, 3.05) is 11.4 Å². The molecule has 1 unspecified atom stereocenters. The zero-order valence-corrected chi connectivity index (χ0v) is 11.3. The SMILES string of the molecule is CC1Cc2ccccc2N1c1ccc(CCN)cc1. The average Bonchev–Trinajstić information content (AvgIpc) is 2.76. The van der Waals surface area contributed by atoms with Crippen molar-refractivity contribution in [3.8, 4) is 0 Å². The molecule has 0 aromatic heterocycles. The Hall–Kier alpha value is -1.80. The molecule has 2 nitrogen and oxygen atoms in total. The van der Waals surface area contributed by atoms with Gasteiger partial charge in [0.1, 0.15) is 0 Å². The molecule has 3 rings (SSSR count). The standard InChI is InChI=1S/C17H20N2/c1-13-12-15-4-2-3-5-17(15)19(13)16-8-6-14(7-9-16)10-11-18/h2-9,13H,10-12,18H2,1H3. The van der Waals surface area contributed by atoms with E-state index in [0.717, 1.165) is 12.8 Å². The fraction of sp³-hybridized carbons (Fsp3) is 0.294. The highest BCUT2D eigenvalue weighted by Gasteiger charge is 2.26. The third-order valence-corrected chi connectivity index (χ3v) is 3.85. The van der Waals surface area contributed by atoms with Crippen LogP contribution in [0.25, 0.3) is 0 Å². The summed E-state index contributed by atoms with van der Waals surface area (Å²) in [6.07, 6.45) is 2.08. The van der Waals surface area contributed by atoms with E-state index in [1.807, 2.05) is 0 Å². The smallest absolute Gasteiger partial charge is 0.0446 e. The molecule has 0 fully saturated rings. The molecule has 0 aliphatic carbocycles. The van der Waals surface area contributed by atoms with Crippen molar-refractivity contribution in [2.24, 2.45) is 5.73 Å². The molecule has 2 aromatic carbocycles. The third kappa shape index (κ3) is 2.24. The first-order valence-corrected chi connectivity index (χ1v) is 6.96. The second-order valence-corrected chi connectivity index (χ2v) is 5.26. The molecular weight excluding hydrogens is 232 g/mol. The zero-order valence-electron chi connectivity index (χ0n) is 11.3. The number of nitrogens with zero attached hydrogens (tertiary/aromatic N) is 1. The second-order valence-electron chi connectivity index (χ2n) is 5.26. The lowest BCUT2D eigenvalue weighted by Gasteiger charge is -2.25. The molecule has 1 heterocycles. The minimum Gasteiger partial charge on any atom is -0.338 e. The Morgan fingerprint density at radius 3 is 2.58 bits per heavy atom. The van der Waals surface area contributed by atoms with E-state index < -0.39 is 0 Å². The Labute approximate surface area is 114 Å². The molecule has 1 atom stereocenters. The third-order valence-electron chi connectivity index (χ3n) is 3.85. The van der Waals surface area contributed by atoms with Crippen LogP contribution in [-0.4, -0.2) is 12.6 Å². The molecule has 1 aliphatic heterocycles. The van der Waals surface area contributed by atoms with Gasteiger partial charge < -0.3 is 10.6 Å². The summed E-state index contributed by atoms with van der Waals surface area (Å²) in [4.78, 5) is 2.43. The van der Waals surface area contributed by atoms with Crippen LogP contribution in [0.4, 0.5) is 11.4 Å². The van der Waals surface area contributed by atoms with Crippen LogP contribution in [0.15, 0.2) is 48.5 Å². The minimum absolute atomic E-state index is 0.526. The summed E-state index contributed by atoms with van der Waals surface area (Å²) in [5, 5.41) is 0. The van der Waals surface area contributed by atoms with E-state index in [1.165, 1.54) is 22.5 Å². The first-order valence-electron chi connectivity index (χ1n) is 6.96. The van der Waals surface area contributed by atoms with Crippen LogP contribution in [0.1, 0.15) is 18.1 Å². The molecule has 1 aliphatic rings. The van der Waals surface area contributed by atoms with Gasteiger partial charge in [0.2, 0.25) is 0 Å². The van der Waals surface area contributed by atoms with Gasteiger partial charge in [-0.3, -0.25) is 0 Å². The monoisotopic (exact) mass is 252 g/mol. The van der Waals surface area contributed by atoms with E-state index in [1.54, 1.807) is 0 Å². The summed E-state index contributed by atoms with van der Waals surface area (Å²) in [5.41, 5.74) is 11.0. The molecule has 0 saturated heterocycles. The van der Waals surface area contributed by atoms with Crippen LogP contribution < -0.4 is 10.6 Å². The predicted octanol–water partition coefficient (Wildman–Crippen LogP) is 3.27. The van der Waals surface area contributed by atoms with Gasteiger partial charge in [0.15, 0.2) is 0 Å². The van der Waals surface area contributed by atoms with Crippen molar-refractivity contribution in [1.29, 1.82) is 0 Å². The first-order chi connectivity index (χ1) is 9.29. The number of anilines is 2. The Balaban J connectivity index is 1.93. The number of rotatable bonds is 3. The molecule has 2 N–H and O–H groups in total. The molecule has 2 aromatic rings. The van der Waals surface area contributed by atoms with Gasteiger partial charge in [-0.2, -0.15) is 0 Å². The molecule has 0 bridgehead atoms. The maximum Gasteiger partial charge on any atom is 0.0446 e. The van der Waals surface area contributed by atoms with E-state index >= 15 is 0 Å². The molecular formula is C17H20N2. The normalized spacial score (nSPS) is 17.6. The first kappa shape index (κ1) is 12.2. The van der Waals surface area contributed by atoms with Crippen molar-refractivity contribution < 1.29 is 0 Å². The van der Waals surface area contributed by atoms with Crippen molar-refractivity contribution in [3.63, 3.8) is 0 Å². The number of benzene rings is 2.